The molecule has 8 nitrogen and oxygen atoms in total. The third-order valence-electron chi connectivity index (χ3n) is 5.94. The second kappa shape index (κ2) is 8.57. The monoisotopic (exact) mass is 483 g/mol. The third kappa shape index (κ3) is 4.36. The molecular weight excluding hydrogens is 463 g/mol. The molecule has 3 heterocycles. The van der Waals surface area contributed by atoms with Gasteiger partial charge in [-0.15, -0.1) is 10.2 Å². The summed E-state index contributed by atoms with van der Waals surface area (Å²) in [4.78, 5) is 28.8. The van der Waals surface area contributed by atoms with Gasteiger partial charge in [0, 0.05) is 32.2 Å². The zero-order valence-electron chi connectivity index (χ0n) is 18.6. The number of anilines is 2. The fourth-order valence-corrected chi connectivity index (χ4v) is 4.11. The van der Waals surface area contributed by atoms with Crippen LogP contribution in [0.25, 0.3) is 0 Å². The van der Waals surface area contributed by atoms with Gasteiger partial charge in [-0.2, -0.15) is 13.2 Å². The second-order valence-corrected chi connectivity index (χ2v) is 8.30. The summed E-state index contributed by atoms with van der Waals surface area (Å²) in [7, 11) is 0. The first-order valence-corrected chi connectivity index (χ1v) is 10.9. The lowest BCUT2D eigenvalue weighted by Crippen LogP contribution is -2.49. The largest absolute Gasteiger partial charge is 0.435 e. The molecule has 3 aromatic rings. The molecule has 1 saturated heterocycles. The van der Waals surface area contributed by atoms with Crippen LogP contribution in [0.4, 0.5) is 24.7 Å². The van der Waals surface area contributed by atoms with Gasteiger partial charge in [0.1, 0.15) is 5.56 Å². The van der Waals surface area contributed by atoms with Crippen molar-refractivity contribution in [3.8, 4) is 11.6 Å². The third-order valence-corrected chi connectivity index (χ3v) is 5.94. The van der Waals surface area contributed by atoms with Crippen LogP contribution in [0.1, 0.15) is 31.8 Å². The Morgan fingerprint density at radius 2 is 1.77 bits per heavy atom. The van der Waals surface area contributed by atoms with Crippen LogP contribution in [0.2, 0.25) is 0 Å². The lowest BCUT2D eigenvalue weighted by molar-refractivity contribution is -0.138. The summed E-state index contributed by atoms with van der Waals surface area (Å²) in [6, 6.07) is 11.7. The Balaban J connectivity index is 1.31. The van der Waals surface area contributed by atoms with E-state index in [-0.39, 0.29) is 30.1 Å². The van der Waals surface area contributed by atoms with E-state index < -0.39 is 23.6 Å². The van der Waals surface area contributed by atoms with Crippen molar-refractivity contribution in [2.24, 2.45) is 0 Å². The van der Waals surface area contributed by atoms with Crippen LogP contribution in [0.5, 0.6) is 11.6 Å². The number of fused-ring (bicyclic) bond motifs is 2. The number of amides is 2. The van der Waals surface area contributed by atoms with Crippen molar-refractivity contribution in [3.05, 3.63) is 70.8 Å². The minimum atomic E-state index is -4.62. The lowest BCUT2D eigenvalue weighted by Gasteiger charge is -2.35. The van der Waals surface area contributed by atoms with Gasteiger partial charge in [-0.1, -0.05) is 18.2 Å². The van der Waals surface area contributed by atoms with Crippen LogP contribution in [-0.2, 0) is 6.18 Å². The quantitative estimate of drug-likeness (QED) is 0.590. The molecular formula is C24H20F3N5O3. The smallest absolute Gasteiger partial charge is 0.417 e. The van der Waals surface area contributed by atoms with E-state index in [4.69, 9.17) is 4.74 Å². The molecule has 35 heavy (non-hydrogen) atoms. The summed E-state index contributed by atoms with van der Waals surface area (Å²) >= 11 is 0. The van der Waals surface area contributed by atoms with Gasteiger partial charge in [0.25, 0.3) is 17.7 Å². The Morgan fingerprint density at radius 3 is 2.51 bits per heavy atom. The number of carbonyl (C=O) groups excluding carboxylic acids is 2. The minimum absolute atomic E-state index is 0.0754. The molecule has 2 aliphatic heterocycles. The van der Waals surface area contributed by atoms with Crippen molar-refractivity contribution in [1.29, 1.82) is 0 Å². The molecule has 0 saturated carbocycles. The van der Waals surface area contributed by atoms with Crippen LogP contribution >= 0.6 is 0 Å². The van der Waals surface area contributed by atoms with Crippen molar-refractivity contribution in [3.63, 3.8) is 0 Å². The van der Waals surface area contributed by atoms with Crippen LogP contribution in [0.3, 0.4) is 0 Å². The molecule has 1 aromatic heterocycles. The van der Waals surface area contributed by atoms with E-state index in [2.05, 4.69) is 15.5 Å². The molecule has 11 heteroatoms. The molecule has 5 rings (SSSR count). The van der Waals surface area contributed by atoms with E-state index in [9.17, 15) is 22.8 Å². The van der Waals surface area contributed by atoms with E-state index in [1.165, 1.54) is 23.1 Å². The summed E-state index contributed by atoms with van der Waals surface area (Å²) in [6.45, 7) is 2.91. The van der Waals surface area contributed by atoms with E-state index >= 15 is 0 Å². The molecule has 2 aliphatic rings. The Kier molecular flexibility index (Phi) is 5.54. The number of hydrogen-bond acceptors (Lipinski definition) is 6. The second-order valence-electron chi connectivity index (χ2n) is 8.30. The molecule has 180 valence electrons. The summed E-state index contributed by atoms with van der Waals surface area (Å²) in [6.07, 6.45) is -4.62. The topological polar surface area (TPSA) is 87.7 Å². The Morgan fingerprint density at radius 1 is 1.03 bits per heavy atom. The fourth-order valence-electron chi connectivity index (χ4n) is 4.11. The molecule has 0 aliphatic carbocycles. The van der Waals surface area contributed by atoms with Gasteiger partial charge >= 0.3 is 6.18 Å². The Hall–Kier alpha value is -4.15. The predicted octanol–water partition coefficient (Wildman–Crippen LogP) is 4.12. The van der Waals surface area contributed by atoms with Gasteiger partial charge in [-0.25, -0.2) is 0 Å². The number of aromatic nitrogens is 2. The van der Waals surface area contributed by atoms with Gasteiger partial charge in [-0.3, -0.25) is 9.59 Å². The number of rotatable bonds is 2. The first-order chi connectivity index (χ1) is 16.7. The minimum Gasteiger partial charge on any atom is -0.435 e. The number of ether oxygens (including phenoxy) is 1. The maximum Gasteiger partial charge on any atom is 0.417 e. The van der Waals surface area contributed by atoms with E-state index in [0.717, 1.165) is 11.6 Å². The number of halogens is 3. The summed E-state index contributed by atoms with van der Waals surface area (Å²) in [5.41, 5.74) is 0.367. The summed E-state index contributed by atoms with van der Waals surface area (Å²) in [5, 5.41) is 11.1. The van der Waals surface area contributed by atoms with E-state index in [0.29, 0.717) is 30.3 Å². The number of piperazine rings is 1. The highest BCUT2D eigenvalue weighted by molar-refractivity contribution is 6.08. The molecule has 0 bridgehead atoms. The number of nitrogens with zero attached hydrogens (tertiary/aromatic N) is 4. The van der Waals surface area contributed by atoms with Crippen LogP contribution in [0.15, 0.2) is 48.5 Å². The number of benzene rings is 2. The SMILES string of the molecule is Cc1ccc2c(c1)NC(=O)c1cc(N3CCN(C(=O)c4ccccc4C(F)(F)F)CC3)nnc1O2. The summed E-state index contributed by atoms with van der Waals surface area (Å²) < 4.78 is 45.8. The Labute approximate surface area is 198 Å². The molecule has 1 fully saturated rings. The van der Waals surface area contributed by atoms with Crippen molar-refractivity contribution in [2.45, 2.75) is 13.1 Å². The van der Waals surface area contributed by atoms with Crippen LogP contribution in [0, 0.1) is 6.92 Å². The molecule has 0 unspecified atom stereocenters. The zero-order valence-corrected chi connectivity index (χ0v) is 18.6. The van der Waals surface area contributed by atoms with E-state index in [1.807, 2.05) is 17.9 Å². The van der Waals surface area contributed by atoms with Gasteiger partial charge in [0.15, 0.2) is 11.6 Å². The van der Waals surface area contributed by atoms with Crippen LogP contribution in [-0.4, -0.2) is 53.1 Å². The lowest BCUT2D eigenvalue weighted by atomic mass is 10.1. The normalized spacial score (nSPS) is 15.5. The zero-order chi connectivity index (χ0) is 24.7. The van der Waals surface area contributed by atoms with Gasteiger partial charge in [0.05, 0.1) is 16.8 Å². The maximum atomic E-state index is 13.3. The number of carbonyl (C=O) groups is 2. The number of alkyl halides is 3. The maximum absolute atomic E-state index is 13.3. The Bertz CT molecular complexity index is 1320. The molecule has 2 amide bonds. The standard InChI is InChI=1S/C24H20F3N5O3/c1-14-6-7-19-18(12-14)28-21(33)16-13-20(29-30-22(16)35-19)31-8-10-32(11-9-31)23(34)15-4-2-3-5-17(15)24(25,26)27/h2-7,12-13H,8-11H2,1H3,(H,28,33). The van der Waals surface area contributed by atoms with Crippen LogP contribution < -0.4 is 15.0 Å². The van der Waals surface area contributed by atoms with E-state index in [1.54, 1.807) is 18.2 Å². The highest BCUT2D eigenvalue weighted by Crippen LogP contribution is 2.36. The van der Waals surface area contributed by atoms with Gasteiger partial charge in [0.2, 0.25) is 0 Å². The average molecular weight is 483 g/mol. The number of nitrogens with one attached hydrogen (secondary N) is 1. The molecule has 0 radical (unpaired) electrons. The van der Waals surface area contributed by atoms with Crippen molar-refractivity contribution >= 4 is 23.3 Å². The molecule has 2 aromatic carbocycles. The van der Waals surface area contributed by atoms with Crippen molar-refractivity contribution in [2.75, 3.05) is 36.4 Å². The van der Waals surface area contributed by atoms with Crippen molar-refractivity contribution < 1.29 is 27.5 Å². The molecule has 0 atom stereocenters. The molecule has 1 N–H and O–H groups in total. The first-order valence-electron chi connectivity index (χ1n) is 10.9. The van der Waals surface area contributed by atoms with Gasteiger partial charge < -0.3 is 19.9 Å². The average Bonchev–Trinajstić information content (AvgIpc) is 2.98. The number of aryl methyl sites for hydroxylation is 1. The van der Waals surface area contributed by atoms with Crippen molar-refractivity contribution in [1.82, 2.24) is 15.1 Å². The fraction of sp³-hybridized carbons (Fsp3) is 0.250. The highest BCUT2D eigenvalue weighted by Gasteiger charge is 2.36. The summed E-state index contributed by atoms with van der Waals surface area (Å²) in [5.74, 6) is -0.126. The molecule has 0 spiro atoms. The predicted molar refractivity (Wildman–Crippen MR) is 121 cm³/mol. The number of hydrogen-bond donors (Lipinski definition) is 1. The van der Waals surface area contributed by atoms with Gasteiger partial charge in [-0.05, 0) is 36.8 Å². The highest BCUT2D eigenvalue weighted by atomic mass is 19.4. The first kappa shape index (κ1) is 22.6.